The number of methoxy groups -OCH3 is 1. The van der Waals surface area contributed by atoms with Crippen LogP contribution >= 0.6 is 11.3 Å². The van der Waals surface area contributed by atoms with E-state index in [-0.39, 0.29) is 30.4 Å². The largest absolute Gasteiger partial charge is 0.493 e. The summed E-state index contributed by atoms with van der Waals surface area (Å²) in [6.45, 7) is 0.966. The quantitative estimate of drug-likeness (QED) is 0.144. The summed E-state index contributed by atoms with van der Waals surface area (Å²) in [6, 6.07) is 28.9. The zero-order valence-corrected chi connectivity index (χ0v) is 30.5. The number of benzene rings is 4. The predicted octanol–water partition coefficient (Wildman–Crippen LogP) is 7.20. The van der Waals surface area contributed by atoms with Gasteiger partial charge in [-0.1, -0.05) is 30.3 Å². The number of hydrogen-bond acceptors (Lipinski definition) is 8. The number of carbonyl (C=O) groups excluding carboxylic acids is 3. The second-order valence-electron chi connectivity index (χ2n) is 13.3. The lowest BCUT2D eigenvalue weighted by atomic mass is 10.1. The summed E-state index contributed by atoms with van der Waals surface area (Å²) in [6.07, 6.45) is 2.68. The van der Waals surface area contributed by atoms with Gasteiger partial charge in [0.2, 0.25) is 0 Å². The second-order valence-corrected chi connectivity index (χ2v) is 14.4. The molecule has 0 spiro atoms. The topological polar surface area (TPSA) is 117 Å². The normalized spacial score (nSPS) is 14.6. The highest BCUT2D eigenvalue weighted by atomic mass is 32.1. The van der Waals surface area contributed by atoms with Crippen molar-refractivity contribution in [2.45, 2.75) is 19.1 Å². The molecule has 3 amide bonds. The Hall–Kier alpha value is -6.27. The number of fused-ring (bicyclic) bond motifs is 5. The number of aromatic nitrogens is 1. The van der Waals surface area contributed by atoms with Gasteiger partial charge in [0.1, 0.15) is 12.3 Å². The van der Waals surface area contributed by atoms with Crippen LogP contribution in [-0.4, -0.2) is 56.1 Å². The van der Waals surface area contributed by atoms with E-state index in [0.717, 1.165) is 44.8 Å². The summed E-state index contributed by atoms with van der Waals surface area (Å²) >= 11 is 1.41. The van der Waals surface area contributed by atoms with E-state index < -0.39 is 0 Å². The van der Waals surface area contributed by atoms with Crippen LogP contribution in [0, 0.1) is 0 Å². The zero-order chi connectivity index (χ0) is 36.8. The number of ether oxygens (including phenoxy) is 2. The summed E-state index contributed by atoms with van der Waals surface area (Å²) in [5, 5.41) is 9.92. The minimum absolute atomic E-state index is 0.0399. The van der Waals surface area contributed by atoms with Crippen molar-refractivity contribution >= 4 is 67.6 Å². The zero-order valence-electron chi connectivity index (χ0n) is 29.7. The number of aryl methyl sites for hydroxylation is 1. The smallest absolute Gasteiger partial charge is 0.272 e. The van der Waals surface area contributed by atoms with Crippen LogP contribution in [0.5, 0.6) is 11.5 Å². The average Bonchev–Trinajstić information content (AvgIpc) is 3.85. The molecule has 2 aliphatic heterocycles. The Morgan fingerprint density at radius 2 is 1.72 bits per heavy atom. The number of anilines is 5. The Balaban J connectivity index is 0.951. The van der Waals surface area contributed by atoms with Crippen molar-refractivity contribution in [3.8, 4) is 11.5 Å². The first-order valence-electron chi connectivity index (χ1n) is 17.3. The van der Waals surface area contributed by atoms with Crippen LogP contribution in [0.2, 0.25) is 0 Å². The number of nitrogens with one attached hydrogen (secondary N) is 3. The highest BCUT2D eigenvalue weighted by molar-refractivity contribution is 7.20. The molecule has 1 atom stereocenters. The molecule has 0 bridgehead atoms. The Bertz CT molecular complexity index is 2420. The van der Waals surface area contributed by atoms with Gasteiger partial charge in [0.05, 0.1) is 35.0 Å². The molecule has 8 rings (SSSR count). The van der Waals surface area contributed by atoms with E-state index in [9.17, 15) is 14.4 Å². The molecule has 2 aromatic heterocycles. The van der Waals surface area contributed by atoms with E-state index in [1.165, 1.54) is 16.9 Å². The number of amides is 3. The third-order valence-electron chi connectivity index (χ3n) is 9.77. The third kappa shape index (κ3) is 6.42. The maximum atomic E-state index is 13.9. The van der Waals surface area contributed by atoms with Crippen LogP contribution in [0.15, 0.2) is 97.2 Å². The molecule has 2 aliphatic rings. The first kappa shape index (κ1) is 33.9. The van der Waals surface area contributed by atoms with Crippen molar-refractivity contribution in [3.63, 3.8) is 0 Å². The van der Waals surface area contributed by atoms with Crippen molar-refractivity contribution in [1.29, 1.82) is 0 Å². The third-order valence-corrected chi connectivity index (χ3v) is 10.9. The van der Waals surface area contributed by atoms with Crippen molar-refractivity contribution in [2.24, 2.45) is 7.05 Å². The molecule has 11 nitrogen and oxygen atoms in total. The highest BCUT2D eigenvalue weighted by Crippen LogP contribution is 2.42. The minimum atomic E-state index is -0.254. The van der Waals surface area contributed by atoms with Gasteiger partial charge in [-0.3, -0.25) is 14.4 Å². The van der Waals surface area contributed by atoms with Crippen molar-refractivity contribution < 1.29 is 23.9 Å². The summed E-state index contributed by atoms with van der Waals surface area (Å²) < 4.78 is 14.8. The monoisotopic (exact) mass is 726 g/mol. The van der Waals surface area contributed by atoms with E-state index in [2.05, 4.69) is 26.9 Å². The summed E-state index contributed by atoms with van der Waals surface area (Å²) in [5.41, 5.74) is 7.17. The number of hydrogen-bond donors (Lipinski definition) is 3. The number of rotatable bonds is 9. The molecule has 0 unspecified atom stereocenters. The van der Waals surface area contributed by atoms with Gasteiger partial charge in [0.15, 0.2) is 11.5 Å². The van der Waals surface area contributed by atoms with Gasteiger partial charge in [-0.15, -0.1) is 11.3 Å². The van der Waals surface area contributed by atoms with E-state index in [4.69, 9.17) is 9.47 Å². The van der Waals surface area contributed by atoms with Crippen LogP contribution in [0.4, 0.5) is 28.4 Å². The molecule has 4 aromatic carbocycles. The van der Waals surface area contributed by atoms with Gasteiger partial charge >= 0.3 is 0 Å². The van der Waals surface area contributed by atoms with Crippen LogP contribution in [0.1, 0.15) is 41.6 Å². The maximum absolute atomic E-state index is 13.9. The summed E-state index contributed by atoms with van der Waals surface area (Å²) in [5.74, 6) is 0.612. The maximum Gasteiger partial charge on any atom is 0.272 e. The van der Waals surface area contributed by atoms with Crippen molar-refractivity contribution in [1.82, 2.24) is 9.88 Å². The molecule has 0 fully saturated rings. The number of para-hydroxylation sites is 1. The molecular weight excluding hydrogens is 689 g/mol. The Labute approximate surface area is 310 Å². The molecule has 53 heavy (non-hydrogen) atoms. The van der Waals surface area contributed by atoms with E-state index in [1.54, 1.807) is 30.9 Å². The molecule has 3 N–H and O–H groups in total. The fraction of sp³-hybridized carbons (Fsp3) is 0.195. The Kier molecular flexibility index (Phi) is 8.75. The number of carbonyl (C=O) groups is 3. The summed E-state index contributed by atoms with van der Waals surface area (Å²) in [4.78, 5) is 44.0. The lowest BCUT2D eigenvalue weighted by Gasteiger charge is -2.25. The average molecular weight is 727 g/mol. The predicted molar refractivity (Wildman–Crippen MR) is 210 cm³/mol. The van der Waals surface area contributed by atoms with Crippen LogP contribution in [-0.2, 0) is 20.1 Å². The molecule has 0 radical (unpaired) electrons. The molecule has 0 aliphatic carbocycles. The molecule has 268 valence electrons. The SMILES string of the molecule is CNC(=O)c1cc2cc(NC(=O)c3cc(Nc4cccc(COc5cc6c(cc5OC)C(=O)N5c7ccccc7C[C@H]5CN6C)c4)cn3C)ccc2s1. The van der Waals surface area contributed by atoms with Crippen molar-refractivity contribution in [2.75, 3.05) is 48.2 Å². The van der Waals surface area contributed by atoms with Gasteiger partial charge in [-0.25, -0.2) is 0 Å². The van der Waals surface area contributed by atoms with E-state index in [0.29, 0.717) is 39.9 Å². The van der Waals surface area contributed by atoms with Gasteiger partial charge < -0.3 is 39.8 Å². The van der Waals surface area contributed by atoms with Crippen LogP contribution < -0.4 is 35.2 Å². The molecule has 12 heteroatoms. The van der Waals surface area contributed by atoms with Gasteiger partial charge in [0.25, 0.3) is 17.7 Å². The lowest BCUT2D eigenvalue weighted by Crippen LogP contribution is -2.41. The van der Waals surface area contributed by atoms with E-state index in [1.807, 2.05) is 98.0 Å². The molecule has 0 saturated heterocycles. The van der Waals surface area contributed by atoms with E-state index >= 15 is 0 Å². The van der Waals surface area contributed by atoms with Gasteiger partial charge in [0, 0.05) is 61.7 Å². The standard InChI is InChI=1S/C41H38N6O5S/c1-42-40(49)38-17-26-15-28(12-13-37(26)53-38)44-39(48)34-18-29(21-45(34)2)43-27-10-7-8-24(14-27)23-52-36-20-33-31(19-35(36)51-4)41(50)47-30(22-46(33)3)16-25-9-5-6-11-32(25)47/h5-15,17-21,30,43H,16,22-23H2,1-4H3,(H,42,49)(H,44,48)/t30-/m0/s1. The molecule has 0 saturated carbocycles. The Morgan fingerprint density at radius 1 is 0.868 bits per heavy atom. The minimum Gasteiger partial charge on any atom is -0.493 e. The second kappa shape index (κ2) is 13.7. The van der Waals surface area contributed by atoms with Crippen LogP contribution in [0.25, 0.3) is 10.1 Å². The fourth-order valence-corrected chi connectivity index (χ4v) is 8.20. The van der Waals surface area contributed by atoms with Crippen LogP contribution in [0.3, 0.4) is 0 Å². The first-order valence-corrected chi connectivity index (χ1v) is 18.1. The number of likely N-dealkylation sites (N-methyl/N-ethyl adjacent to an activating group) is 1. The number of nitrogens with zero attached hydrogens (tertiary/aromatic N) is 3. The molecule has 6 aromatic rings. The number of thiophene rings is 1. The highest BCUT2D eigenvalue weighted by Gasteiger charge is 2.39. The van der Waals surface area contributed by atoms with Crippen molar-refractivity contribution in [3.05, 3.63) is 124 Å². The molecule has 4 heterocycles. The van der Waals surface area contributed by atoms with Gasteiger partial charge in [-0.2, -0.15) is 0 Å². The lowest BCUT2D eigenvalue weighted by molar-refractivity contribution is 0.0963. The van der Waals surface area contributed by atoms with Gasteiger partial charge in [-0.05, 0) is 77.5 Å². The first-order chi connectivity index (χ1) is 25.7. The molecular formula is C41H38N6O5S. The fourth-order valence-electron chi connectivity index (χ4n) is 7.21. The Morgan fingerprint density at radius 3 is 2.55 bits per heavy atom. The summed E-state index contributed by atoms with van der Waals surface area (Å²) in [7, 11) is 7.02.